The lowest BCUT2D eigenvalue weighted by Crippen LogP contribution is -2.50. The van der Waals surface area contributed by atoms with Crippen molar-refractivity contribution in [3.05, 3.63) is 71.3 Å². The Balaban J connectivity index is 1.47. The summed E-state index contributed by atoms with van der Waals surface area (Å²) in [5.74, 6) is 13.6. The Hall–Kier alpha value is -3.35. The van der Waals surface area contributed by atoms with E-state index in [0.717, 1.165) is 15.6 Å². The standard InChI is InChI=1S/C21H16N5O2S/c1-21(27,16-13-29-18-7-3-2-5-15(16)18)9-8-14-12-26(22)19(11-23-14)24-20(25-26)17-6-4-10-28-17/h2-7,10-13,27H,22H2,1H3/q+1. The number of allylic oxidation sites excluding steroid dienone is 1. The fourth-order valence-electron chi connectivity index (χ4n) is 3.16. The maximum atomic E-state index is 11.0. The molecular formula is C21H16N5O2S+. The number of hydrogen-bond acceptors (Lipinski definition) is 7. The number of aliphatic hydroxyl groups is 1. The number of nitrogens with two attached hydrogens (primary N) is 1. The molecule has 8 heteroatoms. The van der Waals surface area contributed by atoms with Crippen LogP contribution in [0.25, 0.3) is 10.1 Å². The Labute approximate surface area is 170 Å². The second kappa shape index (κ2) is 6.34. The molecule has 0 spiro atoms. The summed E-state index contributed by atoms with van der Waals surface area (Å²) in [6.07, 6.45) is 4.66. The topological polar surface area (TPSA) is 96.5 Å². The zero-order valence-electron chi connectivity index (χ0n) is 15.4. The first kappa shape index (κ1) is 17.7. The lowest BCUT2D eigenvalue weighted by molar-refractivity contribution is -0.803. The predicted molar refractivity (Wildman–Crippen MR) is 113 cm³/mol. The van der Waals surface area contributed by atoms with Gasteiger partial charge in [-0.15, -0.1) is 17.2 Å². The van der Waals surface area contributed by atoms with E-state index in [-0.39, 0.29) is 0 Å². The van der Waals surface area contributed by atoms with Crippen molar-refractivity contribution >= 4 is 39.3 Å². The van der Waals surface area contributed by atoms with Crippen molar-refractivity contribution in [2.45, 2.75) is 12.5 Å². The number of thiophene rings is 1. The van der Waals surface area contributed by atoms with Gasteiger partial charge in [0.25, 0.3) is 11.7 Å². The van der Waals surface area contributed by atoms with Crippen molar-refractivity contribution in [3.63, 3.8) is 0 Å². The van der Waals surface area contributed by atoms with Gasteiger partial charge in [0.15, 0.2) is 17.7 Å². The third kappa shape index (κ3) is 3.03. The first-order valence-electron chi connectivity index (χ1n) is 8.84. The van der Waals surface area contributed by atoms with Gasteiger partial charge < -0.3 is 9.52 Å². The molecule has 5 rings (SSSR count). The third-order valence-corrected chi connectivity index (χ3v) is 5.63. The van der Waals surface area contributed by atoms with Crippen LogP contribution in [-0.2, 0) is 5.60 Å². The zero-order chi connectivity index (χ0) is 20.1. The minimum absolute atomic E-state index is 0.390. The maximum absolute atomic E-state index is 11.0. The van der Waals surface area contributed by atoms with Crippen molar-refractivity contribution in [2.75, 3.05) is 0 Å². The van der Waals surface area contributed by atoms with Crippen LogP contribution in [0.1, 0.15) is 18.2 Å². The number of nitrogens with zero attached hydrogens (tertiary/aromatic N) is 4. The summed E-state index contributed by atoms with van der Waals surface area (Å²) in [6, 6.07) is 11.4. The number of amidine groups is 2. The number of benzene rings is 1. The summed E-state index contributed by atoms with van der Waals surface area (Å²) in [5.41, 5.74) is -0.169. The van der Waals surface area contributed by atoms with Crippen molar-refractivity contribution < 1.29 is 14.2 Å². The number of fused-ring (bicyclic) bond motifs is 2. The monoisotopic (exact) mass is 402 g/mol. The molecule has 4 heterocycles. The largest absolute Gasteiger partial charge is 0.461 e. The molecule has 0 amide bonds. The van der Waals surface area contributed by atoms with Gasteiger partial charge in [0.2, 0.25) is 0 Å². The molecule has 2 aliphatic rings. The van der Waals surface area contributed by atoms with E-state index in [1.165, 1.54) is 6.21 Å². The van der Waals surface area contributed by atoms with E-state index < -0.39 is 10.3 Å². The van der Waals surface area contributed by atoms with Crippen LogP contribution >= 0.6 is 11.3 Å². The molecule has 29 heavy (non-hydrogen) atoms. The van der Waals surface area contributed by atoms with Crippen molar-refractivity contribution in [2.24, 2.45) is 20.9 Å². The van der Waals surface area contributed by atoms with Gasteiger partial charge in [0.05, 0.1) is 6.26 Å². The lowest BCUT2D eigenvalue weighted by atomic mass is 9.96. The van der Waals surface area contributed by atoms with Gasteiger partial charge in [-0.3, -0.25) is 0 Å². The summed E-state index contributed by atoms with van der Waals surface area (Å²) in [6.45, 7) is 1.67. The molecule has 3 aromatic rings. The summed E-state index contributed by atoms with van der Waals surface area (Å²) >= 11 is 1.58. The highest BCUT2D eigenvalue weighted by atomic mass is 32.1. The molecule has 142 valence electrons. The summed E-state index contributed by atoms with van der Waals surface area (Å²) in [5, 5.41) is 18.3. The van der Waals surface area contributed by atoms with Gasteiger partial charge in [0, 0.05) is 10.3 Å². The number of furan rings is 1. The average Bonchev–Trinajstić information content (AvgIpc) is 3.43. The van der Waals surface area contributed by atoms with Crippen LogP contribution in [0, 0.1) is 11.8 Å². The van der Waals surface area contributed by atoms with Crippen molar-refractivity contribution in [3.8, 4) is 11.8 Å². The Bertz CT molecular complexity index is 1300. The molecule has 2 unspecified atom stereocenters. The van der Waals surface area contributed by atoms with E-state index in [1.807, 2.05) is 29.6 Å². The van der Waals surface area contributed by atoms with Crippen molar-refractivity contribution in [1.82, 2.24) is 0 Å². The van der Waals surface area contributed by atoms with E-state index in [0.29, 0.717) is 23.1 Å². The molecule has 2 atom stereocenters. The molecule has 0 bridgehead atoms. The zero-order valence-corrected chi connectivity index (χ0v) is 16.2. The molecule has 2 aliphatic heterocycles. The molecule has 1 aromatic carbocycles. The Morgan fingerprint density at radius 2 is 2.10 bits per heavy atom. The van der Waals surface area contributed by atoms with Crippen LogP contribution in [0.15, 0.2) is 79.4 Å². The first-order chi connectivity index (χ1) is 13.9. The smallest absolute Gasteiger partial charge is 0.300 e. The SMILES string of the molecule is CC(O)(C#CC1=C[N+]2(N)N=C(c3ccco3)N=C2C=N1)c1csc2ccccc12. The van der Waals surface area contributed by atoms with Crippen LogP contribution in [0.2, 0.25) is 0 Å². The van der Waals surface area contributed by atoms with Crippen molar-refractivity contribution in [1.29, 1.82) is 0 Å². The van der Waals surface area contributed by atoms with E-state index in [1.54, 1.807) is 42.9 Å². The molecule has 0 saturated heterocycles. The number of hydrogen-bond donors (Lipinski definition) is 2. The average molecular weight is 402 g/mol. The lowest BCUT2D eigenvalue weighted by Gasteiger charge is -2.18. The Morgan fingerprint density at radius 1 is 1.24 bits per heavy atom. The van der Waals surface area contributed by atoms with E-state index in [2.05, 4.69) is 26.9 Å². The number of quaternary nitrogens is 1. The van der Waals surface area contributed by atoms with E-state index in [9.17, 15) is 5.11 Å². The van der Waals surface area contributed by atoms with Gasteiger partial charge >= 0.3 is 0 Å². The minimum atomic E-state index is -1.34. The van der Waals surface area contributed by atoms with Gasteiger partial charge in [0.1, 0.15) is 11.8 Å². The molecule has 0 radical (unpaired) electrons. The first-order valence-corrected chi connectivity index (χ1v) is 9.72. The second-order valence-corrected chi connectivity index (χ2v) is 7.76. The molecule has 3 N–H and O–H groups in total. The summed E-state index contributed by atoms with van der Waals surface area (Å²) in [7, 11) is 0. The molecule has 0 fully saturated rings. The Morgan fingerprint density at radius 3 is 2.93 bits per heavy atom. The van der Waals surface area contributed by atoms with Crippen LogP contribution in [0.4, 0.5) is 0 Å². The highest BCUT2D eigenvalue weighted by molar-refractivity contribution is 7.17. The predicted octanol–water partition coefficient (Wildman–Crippen LogP) is 3.10. The van der Waals surface area contributed by atoms with E-state index in [4.69, 9.17) is 10.3 Å². The van der Waals surface area contributed by atoms with Crippen LogP contribution in [0.5, 0.6) is 0 Å². The Kier molecular flexibility index (Phi) is 3.87. The third-order valence-electron chi connectivity index (χ3n) is 4.67. The van der Waals surface area contributed by atoms with Gasteiger partial charge in [-0.05, 0) is 51.6 Å². The summed E-state index contributed by atoms with van der Waals surface area (Å²) in [4.78, 5) is 8.68. The highest BCUT2D eigenvalue weighted by Gasteiger charge is 2.39. The maximum Gasteiger partial charge on any atom is 0.300 e. The molecule has 0 saturated carbocycles. The van der Waals surface area contributed by atoms with Crippen LogP contribution in [0.3, 0.4) is 0 Å². The minimum Gasteiger partial charge on any atom is -0.461 e. The quantitative estimate of drug-likeness (QED) is 0.392. The molecule has 2 aromatic heterocycles. The number of rotatable bonds is 2. The summed E-state index contributed by atoms with van der Waals surface area (Å²) < 4.78 is 6.04. The fourth-order valence-corrected chi connectivity index (χ4v) is 4.23. The molecule has 7 nitrogen and oxygen atoms in total. The highest BCUT2D eigenvalue weighted by Crippen LogP contribution is 2.33. The fraction of sp³-hybridized carbons (Fsp3) is 0.0952. The normalized spacial score (nSPS) is 22.2. The van der Waals surface area contributed by atoms with Gasteiger partial charge in [-0.25, -0.2) is 4.99 Å². The number of aliphatic imine (C=N–C) groups is 2. The van der Waals surface area contributed by atoms with Gasteiger partial charge in [-0.1, -0.05) is 24.1 Å². The van der Waals surface area contributed by atoms with Gasteiger partial charge in [-0.2, -0.15) is 4.99 Å². The molecule has 0 aliphatic carbocycles. The molecular weight excluding hydrogens is 386 g/mol. The van der Waals surface area contributed by atoms with Crippen LogP contribution in [-0.4, -0.2) is 27.7 Å². The van der Waals surface area contributed by atoms with E-state index >= 15 is 0 Å². The second-order valence-electron chi connectivity index (χ2n) is 6.85. The van der Waals surface area contributed by atoms with Crippen LogP contribution < -0.4 is 5.84 Å².